The van der Waals surface area contributed by atoms with Gasteiger partial charge in [0.15, 0.2) is 0 Å². The van der Waals surface area contributed by atoms with E-state index in [1.807, 2.05) is 66.7 Å². The average Bonchev–Trinajstić information content (AvgIpc) is 3.33. The first kappa shape index (κ1) is 24.2. The van der Waals surface area contributed by atoms with Crippen molar-refractivity contribution in [3.05, 3.63) is 109 Å². The number of sulfonamides is 1. The molecule has 3 N–H and O–H groups in total. The lowest BCUT2D eigenvalue weighted by molar-refractivity contribution is 0.276. The van der Waals surface area contributed by atoms with Crippen molar-refractivity contribution in [2.75, 3.05) is 16.6 Å². The molecule has 0 aliphatic carbocycles. The second-order valence-corrected chi connectivity index (χ2v) is 9.89. The van der Waals surface area contributed by atoms with Gasteiger partial charge in [0, 0.05) is 22.2 Å². The predicted molar refractivity (Wildman–Crippen MR) is 145 cm³/mol. The molecule has 37 heavy (non-hydrogen) atoms. The fourth-order valence-electron chi connectivity index (χ4n) is 4.14. The maximum absolute atomic E-state index is 12.1. The highest BCUT2D eigenvalue weighted by atomic mass is 32.2. The second kappa shape index (κ2) is 10.3. The summed E-state index contributed by atoms with van der Waals surface area (Å²) in [5.41, 5.74) is 3.82. The number of nitrogens with zero attached hydrogens (tertiary/aromatic N) is 2. The van der Waals surface area contributed by atoms with Crippen molar-refractivity contribution in [3.8, 4) is 22.5 Å². The summed E-state index contributed by atoms with van der Waals surface area (Å²) in [4.78, 5) is 8.86. The summed E-state index contributed by atoms with van der Waals surface area (Å²) in [6, 6.07) is 25.7. The van der Waals surface area contributed by atoms with Crippen LogP contribution in [-0.4, -0.2) is 30.1 Å². The third-order valence-electron chi connectivity index (χ3n) is 5.85. The Balaban J connectivity index is 1.71. The molecule has 3 aromatic carbocycles. The van der Waals surface area contributed by atoms with Crippen molar-refractivity contribution in [2.45, 2.75) is 6.04 Å². The van der Waals surface area contributed by atoms with Gasteiger partial charge in [-0.25, -0.2) is 18.4 Å². The van der Waals surface area contributed by atoms with Crippen LogP contribution in [0.2, 0.25) is 0 Å². The summed E-state index contributed by atoms with van der Waals surface area (Å²) < 4.78 is 33.0. The van der Waals surface area contributed by atoms with Gasteiger partial charge in [-0.2, -0.15) is 0 Å². The number of nitrogens with one attached hydrogen (secondary N) is 2. The van der Waals surface area contributed by atoms with Gasteiger partial charge in [-0.3, -0.25) is 4.72 Å². The first-order valence-corrected chi connectivity index (χ1v) is 13.0. The molecule has 8 nitrogen and oxygen atoms in total. The van der Waals surface area contributed by atoms with Crippen molar-refractivity contribution < 1.29 is 17.9 Å². The SMILES string of the molecule is C=CS(=O)(=O)Nc1cccc(-c2c(-c3ccccc3)oc3ncnc(N[C@H](CO)c4ccccc4)c23)c1. The Morgan fingerprint density at radius 2 is 1.65 bits per heavy atom. The third kappa shape index (κ3) is 5.09. The Morgan fingerprint density at radius 1 is 0.946 bits per heavy atom. The van der Waals surface area contributed by atoms with Gasteiger partial charge in [-0.05, 0) is 23.3 Å². The van der Waals surface area contributed by atoms with E-state index in [1.54, 1.807) is 18.2 Å². The minimum atomic E-state index is -3.70. The highest BCUT2D eigenvalue weighted by molar-refractivity contribution is 7.95. The molecule has 186 valence electrons. The molecular weight excluding hydrogens is 488 g/mol. The Morgan fingerprint density at radius 3 is 2.35 bits per heavy atom. The minimum absolute atomic E-state index is 0.160. The molecule has 0 fully saturated rings. The van der Waals surface area contributed by atoms with Crippen molar-refractivity contribution in [3.63, 3.8) is 0 Å². The third-order valence-corrected chi connectivity index (χ3v) is 6.81. The fraction of sp³-hybridized carbons (Fsp3) is 0.0714. The highest BCUT2D eigenvalue weighted by Gasteiger charge is 2.24. The number of furan rings is 1. The van der Waals surface area contributed by atoms with Crippen LogP contribution in [0.25, 0.3) is 33.6 Å². The quantitative estimate of drug-likeness (QED) is 0.236. The fourth-order valence-corrected chi connectivity index (χ4v) is 4.68. The van der Waals surface area contributed by atoms with E-state index in [-0.39, 0.29) is 6.61 Å². The molecule has 0 aliphatic rings. The molecular formula is C28H24N4O4S. The summed E-state index contributed by atoms with van der Waals surface area (Å²) >= 11 is 0. The topological polar surface area (TPSA) is 117 Å². The van der Waals surface area contributed by atoms with E-state index < -0.39 is 16.1 Å². The molecule has 9 heteroatoms. The van der Waals surface area contributed by atoms with Crippen LogP contribution in [0.15, 0.2) is 108 Å². The predicted octanol–water partition coefficient (Wildman–Crippen LogP) is 5.59. The number of aliphatic hydroxyl groups is 1. The molecule has 0 unspecified atom stereocenters. The maximum atomic E-state index is 12.1. The lowest BCUT2D eigenvalue weighted by Crippen LogP contribution is -2.15. The lowest BCUT2D eigenvalue weighted by Gasteiger charge is -2.18. The van der Waals surface area contributed by atoms with Gasteiger partial charge in [-0.1, -0.05) is 79.4 Å². The van der Waals surface area contributed by atoms with E-state index >= 15 is 0 Å². The van der Waals surface area contributed by atoms with Gasteiger partial charge in [0.2, 0.25) is 5.71 Å². The number of fused-ring (bicyclic) bond motifs is 1. The molecule has 0 bridgehead atoms. The largest absolute Gasteiger partial charge is 0.437 e. The van der Waals surface area contributed by atoms with Crippen molar-refractivity contribution in [1.82, 2.24) is 9.97 Å². The monoisotopic (exact) mass is 512 g/mol. The van der Waals surface area contributed by atoms with E-state index in [4.69, 9.17) is 4.42 Å². The Hall–Kier alpha value is -4.47. The molecule has 1 atom stereocenters. The molecule has 0 saturated carbocycles. The second-order valence-electron chi connectivity index (χ2n) is 8.26. The zero-order valence-electron chi connectivity index (χ0n) is 19.7. The number of aliphatic hydroxyl groups excluding tert-OH is 1. The van der Waals surface area contributed by atoms with E-state index in [1.165, 1.54) is 6.33 Å². The maximum Gasteiger partial charge on any atom is 0.254 e. The smallest absolute Gasteiger partial charge is 0.254 e. The highest BCUT2D eigenvalue weighted by Crippen LogP contribution is 2.43. The molecule has 5 aromatic rings. The number of rotatable bonds is 9. The zero-order chi connectivity index (χ0) is 25.8. The van der Waals surface area contributed by atoms with E-state index in [9.17, 15) is 13.5 Å². The number of hydrogen-bond acceptors (Lipinski definition) is 7. The molecule has 0 saturated heterocycles. The van der Waals surface area contributed by atoms with Gasteiger partial charge in [0.05, 0.1) is 18.0 Å². The van der Waals surface area contributed by atoms with E-state index in [2.05, 4.69) is 26.6 Å². The van der Waals surface area contributed by atoms with Gasteiger partial charge in [-0.15, -0.1) is 0 Å². The van der Waals surface area contributed by atoms with Gasteiger partial charge in [0.25, 0.3) is 10.0 Å². The standard InChI is InChI=1S/C28H24N4O4S/c1-2-37(34,35)32-22-15-9-14-21(16-22)24-25-27(31-23(17-33)19-10-5-3-6-11-19)29-18-30-28(25)36-26(24)20-12-7-4-8-13-20/h2-16,18,23,32-33H,1,17H2,(H,29,30,31)/t23-/m1/s1. The van der Waals surface area contributed by atoms with Crippen molar-refractivity contribution in [1.29, 1.82) is 0 Å². The molecule has 0 spiro atoms. The number of anilines is 2. The minimum Gasteiger partial charge on any atom is -0.437 e. The summed E-state index contributed by atoms with van der Waals surface area (Å²) in [5, 5.41) is 15.0. The number of aromatic nitrogens is 2. The summed E-state index contributed by atoms with van der Waals surface area (Å²) in [7, 11) is -3.70. The van der Waals surface area contributed by atoms with Gasteiger partial charge in [0.1, 0.15) is 17.9 Å². The summed E-state index contributed by atoms with van der Waals surface area (Å²) in [6.45, 7) is 3.20. The van der Waals surface area contributed by atoms with E-state index in [0.29, 0.717) is 39.5 Å². The van der Waals surface area contributed by atoms with Crippen LogP contribution in [-0.2, 0) is 10.0 Å². The Bertz CT molecular complexity index is 1650. The lowest BCUT2D eigenvalue weighted by atomic mass is 9.98. The normalized spacial score (nSPS) is 12.2. The number of hydrogen-bond donors (Lipinski definition) is 3. The molecule has 0 amide bonds. The van der Waals surface area contributed by atoms with Gasteiger partial charge < -0.3 is 14.8 Å². The first-order valence-electron chi connectivity index (χ1n) is 11.5. The molecule has 0 radical (unpaired) electrons. The molecule has 0 aliphatic heterocycles. The first-order chi connectivity index (χ1) is 18.0. The van der Waals surface area contributed by atoms with Crippen LogP contribution in [0.3, 0.4) is 0 Å². The van der Waals surface area contributed by atoms with E-state index in [0.717, 1.165) is 16.5 Å². The van der Waals surface area contributed by atoms with Crippen LogP contribution in [0.4, 0.5) is 11.5 Å². The Kier molecular flexibility index (Phi) is 6.72. The van der Waals surface area contributed by atoms with Crippen LogP contribution < -0.4 is 10.0 Å². The average molecular weight is 513 g/mol. The molecule has 2 aromatic heterocycles. The van der Waals surface area contributed by atoms with Crippen LogP contribution in [0.1, 0.15) is 11.6 Å². The van der Waals surface area contributed by atoms with Crippen LogP contribution in [0, 0.1) is 0 Å². The molecule has 5 rings (SSSR count). The molecule has 2 heterocycles. The van der Waals surface area contributed by atoms with Crippen LogP contribution in [0.5, 0.6) is 0 Å². The van der Waals surface area contributed by atoms with Crippen molar-refractivity contribution in [2.24, 2.45) is 0 Å². The summed E-state index contributed by atoms with van der Waals surface area (Å²) in [5.74, 6) is 1.04. The van der Waals surface area contributed by atoms with Gasteiger partial charge >= 0.3 is 0 Å². The Labute approximate surface area is 214 Å². The van der Waals surface area contributed by atoms with Crippen molar-refractivity contribution >= 4 is 32.6 Å². The zero-order valence-corrected chi connectivity index (χ0v) is 20.5. The van der Waals surface area contributed by atoms with Crippen LogP contribution >= 0.6 is 0 Å². The number of benzene rings is 3. The summed E-state index contributed by atoms with van der Waals surface area (Å²) in [6.07, 6.45) is 1.40.